The Balaban J connectivity index is 0.605. The Morgan fingerprint density at radius 1 is 0.500 bits per heavy atom. The minimum absolute atomic E-state index is 0.0389. The molecule has 4 heteroatoms. The van der Waals surface area contributed by atoms with Gasteiger partial charge < -0.3 is 9.47 Å². The van der Waals surface area contributed by atoms with E-state index < -0.39 is 0 Å². The van der Waals surface area contributed by atoms with Gasteiger partial charge in [-0.25, -0.2) is 0 Å². The standard InChI is InChI=1S/C64H96O4/c1-35(2)13-11-15-37(5)45-21-23-47-43-19-17-39-33-41(25-29-59(39,7)49(43)27-31-61(45,47)9)67-57(65)63-51-54-52(63)56-53(63)55(51)64(54,56)58(66)68-42-26-30-60(8)40(34-42)18-20-44-48-24-22-46(38(6)16-12-14-36(3)4)62(48,10)32-28-50(44)60/h17-18,35-38,41-56H,11-16,19-34H2,1-10H3/t37-,38-,41+,42+,43+,44+,45-,46-,47+,48+,49+,50+,51?,52?,53?,54?,55?,56?,59+,60+,61-,62-,63?,64?/m1/s1. The second kappa shape index (κ2) is 15.5. The van der Waals surface area contributed by atoms with E-state index in [9.17, 15) is 9.59 Å². The van der Waals surface area contributed by atoms with E-state index in [1.165, 1.54) is 116 Å². The summed E-state index contributed by atoms with van der Waals surface area (Å²) in [6.07, 6.45) is 34.1. The molecular weight excluding hydrogens is 833 g/mol. The molecule has 0 aromatic carbocycles. The molecule has 4 nitrogen and oxygen atoms in total. The van der Waals surface area contributed by atoms with Gasteiger partial charge in [-0.15, -0.1) is 0 Å². The lowest BCUT2D eigenvalue weighted by atomic mass is 8.92. The molecule has 0 aromatic heterocycles. The number of esters is 2. The number of hydrogen-bond acceptors (Lipinski definition) is 4. The summed E-state index contributed by atoms with van der Waals surface area (Å²) >= 11 is 0. The van der Waals surface area contributed by atoms with Gasteiger partial charge in [0.05, 0.1) is 10.8 Å². The lowest BCUT2D eigenvalue weighted by molar-refractivity contribution is -0.629. The van der Waals surface area contributed by atoms with E-state index >= 15 is 0 Å². The molecule has 0 amide bonds. The maximum absolute atomic E-state index is 14.4. The van der Waals surface area contributed by atoms with Crippen LogP contribution in [0.2, 0.25) is 0 Å². The van der Waals surface area contributed by atoms with Crippen LogP contribution < -0.4 is 0 Å². The van der Waals surface area contributed by atoms with Gasteiger partial charge >= 0.3 is 11.9 Å². The molecule has 14 aliphatic carbocycles. The van der Waals surface area contributed by atoms with E-state index in [1.807, 2.05) is 0 Å². The van der Waals surface area contributed by atoms with Crippen LogP contribution in [0.25, 0.3) is 0 Å². The second-order valence-corrected chi connectivity index (χ2v) is 30.1. The summed E-state index contributed by atoms with van der Waals surface area (Å²) in [5.74, 6) is 12.9. The van der Waals surface area contributed by atoms with Gasteiger partial charge in [0, 0.05) is 12.8 Å². The van der Waals surface area contributed by atoms with Crippen molar-refractivity contribution in [3.63, 3.8) is 0 Å². The number of carbonyl (C=O) groups is 2. The third-order valence-electron chi connectivity index (χ3n) is 27.4. The van der Waals surface area contributed by atoms with Crippen molar-refractivity contribution in [3.05, 3.63) is 23.3 Å². The minimum atomic E-state index is -0.231. The molecule has 0 aliphatic heterocycles. The van der Waals surface area contributed by atoms with E-state index in [1.54, 1.807) is 11.1 Å². The molecule has 0 aromatic rings. The highest BCUT2D eigenvalue weighted by molar-refractivity contribution is 5.97. The van der Waals surface area contributed by atoms with Crippen LogP contribution in [0.3, 0.4) is 0 Å². The number of hydrogen-bond donors (Lipinski definition) is 0. The number of ether oxygens (including phenoxy) is 2. The summed E-state index contributed by atoms with van der Waals surface area (Å²) in [4.78, 5) is 28.8. The van der Waals surface area contributed by atoms with Crippen molar-refractivity contribution in [1.29, 1.82) is 0 Å². The number of rotatable bonds is 14. The molecular formula is C64H96O4. The Morgan fingerprint density at radius 2 is 0.882 bits per heavy atom. The average Bonchev–Trinajstić information content (AvgIpc) is 3.85. The fourth-order valence-corrected chi connectivity index (χ4v) is 24.4. The lowest BCUT2D eigenvalue weighted by Gasteiger charge is -3.08. The van der Waals surface area contributed by atoms with Crippen molar-refractivity contribution < 1.29 is 19.1 Å². The van der Waals surface area contributed by atoms with Crippen LogP contribution in [0, 0.1) is 139 Å². The van der Waals surface area contributed by atoms with Gasteiger partial charge in [-0.2, -0.15) is 0 Å². The largest absolute Gasteiger partial charge is 0.462 e. The van der Waals surface area contributed by atoms with E-state index in [2.05, 4.69) is 81.4 Å². The van der Waals surface area contributed by atoms with Gasteiger partial charge in [0.15, 0.2) is 0 Å². The van der Waals surface area contributed by atoms with Gasteiger partial charge in [0.2, 0.25) is 0 Å². The number of allylic oxidation sites excluding steroid dienone is 2. The molecule has 0 N–H and O–H groups in total. The van der Waals surface area contributed by atoms with E-state index in [0.717, 1.165) is 96.7 Å². The summed E-state index contributed by atoms with van der Waals surface area (Å²) < 4.78 is 13.4. The second-order valence-electron chi connectivity index (χ2n) is 30.1. The summed E-state index contributed by atoms with van der Waals surface area (Å²) in [6.45, 7) is 25.4. The van der Waals surface area contributed by atoms with Crippen LogP contribution in [0.1, 0.15) is 210 Å². The Hall–Kier alpha value is -1.58. The van der Waals surface area contributed by atoms with Crippen molar-refractivity contribution in [2.24, 2.45) is 139 Å². The topological polar surface area (TPSA) is 52.6 Å². The van der Waals surface area contributed by atoms with Crippen LogP contribution in [0.15, 0.2) is 23.3 Å². The zero-order valence-electron chi connectivity index (χ0n) is 44.9. The molecule has 0 heterocycles. The van der Waals surface area contributed by atoms with E-state index in [-0.39, 0.29) is 45.8 Å². The molecule has 68 heavy (non-hydrogen) atoms. The molecule has 12 fully saturated rings. The van der Waals surface area contributed by atoms with Crippen LogP contribution in [0.4, 0.5) is 0 Å². The van der Waals surface area contributed by atoms with Crippen molar-refractivity contribution in [2.75, 3.05) is 0 Å². The fourth-order valence-electron chi connectivity index (χ4n) is 24.4. The molecule has 16 atom stereocenters. The average molecular weight is 929 g/mol. The molecule has 0 unspecified atom stereocenters. The minimum Gasteiger partial charge on any atom is -0.462 e. The number of carbonyl (C=O) groups excluding carboxylic acids is 2. The van der Waals surface area contributed by atoms with Gasteiger partial charge in [0.1, 0.15) is 12.2 Å². The lowest BCUT2D eigenvalue weighted by Crippen LogP contribution is -3.12. The third kappa shape index (κ3) is 5.64. The summed E-state index contributed by atoms with van der Waals surface area (Å²) in [5.41, 5.74) is 4.39. The molecule has 376 valence electrons. The number of fused-ring (bicyclic) bond motifs is 10. The highest BCUT2D eigenvalue weighted by Crippen LogP contribution is 3.10. The van der Waals surface area contributed by atoms with Crippen molar-refractivity contribution in [1.82, 2.24) is 0 Å². The van der Waals surface area contributed by atoms with Crippen LogP contribution in [-0.4, -0.2) is 24.1 Å². The Bertz CT molecular complexity index is 1920. The van der Waals surface area contributed by atoms with E-state index in [4.69, 9.17) is 9.47 Å². The summed E-state index contributed by atoms with van der Waals surface area (Å²) in [7, 11) is 0. The highest BCUT2D eigenvalue weighted by Gasteiger charge is 3.14. The third-order valence-corrected chi connectivity index (χ3v) is 27.4. The zero-order valence-corrected chi connectivity index (χ0v) is 44.9. The van der Waals surface area contributed by atoms with E-state index in [0.29, 0.717) is 46.3 Å². The molecule has 0 saturated heterocycles. The van der Waals surface area contributed by atoms with Gasteiger partial charge in [-0.05, 0) is 218 Å². The first-order valence-corrected chi connectivity index (χ1v) is 30.3. The first kappa shape index (κ1) is 46.2. The Labute approximate surface area is 414 Å². The molecule has 0 bridgehead atoms. The Morgan fingerprint density at radius 3 is 1.25 bits per heavy atom. The molecule has 12 saturated carbocycles. The van der Waals surface area contributed by atoms with Crippen LogP contribution >= 0.6 is 0 Å². The summed E-state index contributed by atoms with van der Waals surface area (Å²) in [5, 5.41) is 0. The van der Waals surface area contributed by atoms with Gasteiger partial charge in [-0.3, -0.25) is 9.59 Å². The molecule has 0 spiro atoms. The van der Waals surface area contributed by atoms with Crippen LogP contribution in [0.5, 0.6) is 0 Å². The van der Waals surface area contributed by atoms with Gasteiger partial charge in [-0.1, -0.05) is 131 Å². The smallest absolute Gasteiger partial charge is 0.313 e. The monoisotopic (exact) mass is 929 g/mol. The summed E-state index contributed by atoms with van der Waals surface area (Å²) in [6, 6.07) is 0. The Kier molecular flexibility index (Phi) is 10.5. The maximum atomic E-state index is 14.4. The first-order chi connectivity index (χ1) is 32.4. The van der Waals surface area contributed by atoms with Crippen molar-refractivity contribution >= 4 is 11.9 Å². The SMILES string of the molecule is CC(C)CCC[C@@H](C)[C@H]1CC[C@H]2[C@@H]3CC=C4C[C@@H](OC(=O)C56C7C8C5C5C6C7C85C(=O)O[C@H]5CC[C@@]6(C)C(=CC[C@H]7[C@@H]8CC[C@H]([C@H](C)CCCC(C)C)[C@@]8(C)CC[C@@H]76)C5)CC[C@]4(C)[C@H]3CC[C@]12C. The predicted molar refractivity (Wildman–Crippen MR) is 272 cm³/mol. The van der Waals surface area contributed by atoms with Crippen molar-refractivity contribution in [3.8, 4) is 0 Å². The van der Waals surface area contributed by atoms with Gasteiger partial charge in [0.25, 0.3) is 0 Å². The fraction of sp³-hybridized carbons (Fsp3) is 0.906. The maximum Gasteiger partial charge on any atom is 0.313 e. The normalized spacial score (nSPS) is 54.2. The molecule has 14 aliphatic rings. The van der Waals surface area contributed by atoms with Crippen molar-refractivity contribution in [2.45, 2.75) is 223 Å². The van der Waals surface area contributed by atoms with Crippen LogP contribution in [-0.2, 0) is 19.1 Å². The molecule has 0 radical (unpaired) electrons. The quantitative estimate of drug-likeness (QED) is 0.129. The zero-order chi connectivity index (χ0) is 47.2. The highest BCUT2D eigenvalue weighted by atomic mass is 16.6. The molecule has 14 rings (SSSR count). The predicted octanol–water partition coefficient (Wildman–Crippen LogP) is 15.6. The first-order valence-electron chi connectivity index (χ1n) is 30.3.